The Morgan fingerprint density at radius 1 is 1.00 bits per heavy atom. The zero-order valence-corrected chi connectivity index (χ0v) is 16.4. The average Bonchev–Trinajstić information content (AvgIpc) is 2.53. The van der Waals surface area contributed by atoms with Gasteiger partial charge in [0.25, 0.3) is 0 Å². The summed E-state index contributed by atoms with van der Waals surface area (Å²) in [7, 11) is 0. The Morgan fingerprint density at radius 2 is 1.70 bits per heavy atom. The van der Waals surface area contributed by atoms with Crippen LogP contribution in [-0.2, 0) is 11.3 Å². The van der Waals surface area contributed by atoms with E-state index >= 15 is 0 Å². The third-order valence-corrected chi connectivity index (χ3v) is 3.90. The van der Waals surface area contributed by atoms with E-state index in [0.717, 1.165) is 26.9 Å². The molecule has 0 aliphatic heterocycles. The van der Waals surface area contributed by atoms with Gasteiger partial charge in [-0.15, -0.1) is 0 Å². The lowest BCUT2D eigenvalue weighted by molar-refractivity contribution is -0.0268. The molecule has 0 radical (unpaired) electrons. The van der Waals surface area contributed by atoms with Crippen LogP contribution in [0.2, 0.25) is 0 Å². The molecule has 0 unspecified atom stereocenters. The highest BCUT2D eigenvalue weighted by molar-refractivity contribution is 9.28. The van der Waals surface area contributed by atoms with E-state index in [-0.39, 0.29) is 5.60 Å². The second kappa shape index (κ2) is 8.67. The fourth-order valence-corrected chi connectivity index (χ4v) is 2.31. The van der Waals surface area contributed by atoms with Crippen molar-refractivity contribution in [1.82, 2.24) is 0 Å². The van der Waals surface area contributed by atoms with Crippen LogP contribution in [0.5, 0.6) is 11.5 Å². The van der Waals surface area contributed by atoms with E-state index in [9.17, 15) is 0 Å². The summed E-state index contributed by atoms with van der Waals surface area (Å²) in [5.74, 6) is 1.65. The van der Waals surface area contributed by atoms with Gasteiger partial charge in [-0.05, 0) is 82.0 Å². The van der Waals surface area contributed by atoms with Gasteiger partial charge in [0.1, 0.15) is 11.5 Å². The van der Waals surface area contributed by atoms with Gasteiger partial charge in [-0.3, -0.25) is 0 Å². The smallest absolute Gasteiger partial charge is 0.127 e. The lowest BCUT2D eigenvalue weighted by atomic mass is 10.1. The minimum atomic E-state index is -0.233. The number of para-hydroxylation sites is 1. The predicted molar refractivity (Wildman–Crippen MR) is 102 cm³/mol. The van der Waals surface area contributed by atoms with Gasteiger partial charge in [0.2, 0.25) is 0 Å². The van der Waals surface area contributed by atoms with Gasteiger partial charge in [-0.25, -0.2) is 0 Å². The highest BCUT2D eigenvalue weighted by atomic mass is 79.9. The van der Waals surface area contributed by atoms with E-state index in [1.165, 1.54) is 0 Å². The monoisotopic (exact) mass is 438 g/mol. The molecule has 0 saturated carbocycles. The summed E-state index contributed by atoms with van der Waals surface area (Å²) in [6, 6.07) is 17.8. The lowest BCUT2D eigenvalue weighted by Gasteiger charge is -2.24. The van der Waals surface area contributed by atoms with Crippen LogP contribution in [0, 0.1) is 0 Å². The number of benzene rings is 2. The summed E-state index contributed by atoms with van der Waals surface area (Å²) in [5, 5.41) is 0. The molecule has 0 aliphatic rings. The maximum atomic E-state index is 6.03. The summed E-state index contributed by atoms with van der Waals surface area (Å²) < 4.78 is 12.8. The normalized spacial score (nSPS) is 11.1. The number of halogens is 2. The van der Waals surface area contributed by atoms with E-state index in [2.05, 4.69) is 51.8 Å². The highest BCUT2D eigenvalue weighted by Crippen LogP contribution is 2.25. The summed E-state index contributed by atoms with van der Waals surface area (Å²) in [4.78, 5) is 0. The SMILES string of the molecule is CC(C)(CC=C(Br)Br)OCc1cccc(Oc2ccccc2)c1. The molecule has 0 N–H and O–H groups in total. The molecule has 4 heteroatoms. The Labute approximate surface area is 154 Å². The molecule has 0 atom stereocenters. The minimum absolute atomic E-state index is 0.233. The number of ether oxygens (including phenoxy) is 2. The fourth-order valence-electron chi connectivity index (χ4n) is 1.98. The first-order valence-corrected chi connectivity index (χ1v) is 9.00. The summed E-state index contributed by atoms with van der Waals surface area (Å²) in [5.41, 5.74) is 0.858. The van der Waals surface area contributed by atoms with Crippen LogP contribution < -0.4 is 4.74 Å². The molecule has 0 saturated heterocycles. The summed E-state index contributed by atoms with van der Waals surface area (Å²) in [6.45, 7) is 4.71. The second-order valence-corrected chi connectivity index (χ2v) is 8.58. The Kier molecular flexibility index (Phi) is 6.88. The summed E-state index contributed by atoms with van der Waals surface area (Å²) in [6.07, 6.45) is 2.87. The van der Waals surface area contributed by atoms with Gasteiger partial charge in [0.05, 0.1) is 15.6 Å². The molecule has 0 heterocycles. The van der Waals surface area contributed by atoms with Crippen molar-refractivity contribution in [3.63, 3.8) is 0 Å². The maximum absolute atomic E-state index is 6.03. The van der Waals surface area contributed by atoms with Crippen molar-refractivity contribution in [1.29, 1.82) is 0 Å². The number of rotatable bonds is 7. The largest absolute Gasteiger partial charge is 0.457 e. The minimum Gasteiger partial charge on any atom is -0.457 e. The van der Waals surface area contributed by atoms with E-state index in [1.807, 2.05) is 54.6 Å². The quantitative estimate of drug-likeness (QED) is 0.472. The van der Waals surface area contributed by atoms with Crippen molar-refractivity contribution in [2.45, 2.75) is 32.5 Å². The van der Waals surface area contributed by atoms with Gasteiger partial charge in [-0.1, -0.05) is 36.4 Å². The van der Waals surface area contributed by atoms with Crippen LogP contribution in [0.25, 0.3) is 0 Å². The van der Waals surface area contributed by atoms with Crippen LogP contribution in [0.15, 0.2) is 64.1 Å². The number of hydrogen-bond acceptors (Lipinski definition) is 2. The predicted octanol–water partition coefficient (Wildman–Crippen LogP) is 6.80. The molecule has 2 aromatic carbocycles. The zero-order chi connectivity index (χ0) is 16.7. The van der Waals surface area contributed by atoms with Crippen LogP contribution in [0.1, 0.15) is 25.8 Å². The van der Waals surface area contributed by atoms with E-state index in [0.29, 0.717) is 6.61 Å². The molecule has 0 bridgehead atoms. The Morgan fingerprint density at radius 3 is 2.39 bits per heavy atom. The topological polar surface area (TPSA) is 18.5 Å². The molecule has 0 spiro atoms. The molecule has 0 aliphatic carbocycles. The first kappa shape index (κ1) is 18.2. The standard InChI is InChI=1S/C19H20Br2O2/c1-19(2,12-11-18(20)21)22-14-15-7-6-10-17(13-15)23-16-8-4-3-5-9-16/h3-11,13H,12,14H2,1-2H3. The van der Waals surface area contributed by atoms with Gasteiger partial charge in [0.15, 0.2) is 0 Å². The summed E-state index contributed by atoms with van der Waals surface area (Å²) >= 11 is 6.74. The van der Waals surface area contributed by atoms with E-state index < -0.39 is 0 Å². The molecular formula is C19H20Br2O2. The molecule has 2 nitrogen and oxygen atoms in total. The molecule has 0 amide bonds. The third kappa shape index (κ3) is 6.90. The van der Waals surface area contributed by atoms with Crippen molar-refractivity contribution < 1.29 is 9.47 Å². The van der Waals surface area contributed by atoms with E-state index in [4.69, 9.17) is 9.47 Å². The first-order chi connectivity index (χ1) is 10.9. The molecule has 0 fully saturated rings. The maximum Gasteiger partial charge on any atom is 0.127 e. The van der Waals surface area contributed by atoms with Gasteiger partial charge < -0.3 is 9.47 Å². The molecule has 0 aromatic heterocycles. The fraction of sp³-hybridized carbons (Fsp3) is 0.263. The third-order valence-electron chi connectivity index (χ3n) is 3.25. The molecule has 23 heavy (non-hydrogen) atoms. The van der Waals surface area contributed by atoms with Crippen molar-refractivity contribution >= 4 is 31.9 Å². The molecule has 122 valence electrons. The highest BCUT2D eigenvalue weighted by Gasteiger charge is 2.17. The van der Waals surface area contributed by atoms with Crippen LogP contribution >= 0.6 is 31.9 Å². The Balaban J connectivity index is 1.96. The van der Waals surface area contributed by atoms with Crippen LogP contribution in [-0.4, -0.2) is 5.60 Å². The zero-order valence-electron chi connectivity index (χ0n) is 13.3. The van der Waals surface area contributed by atoms with Crippen LogP contribution in [0.4, 0.5) is 0 Å². The van der Waals surface area contributed by atoms with Gasteiger partial charge in [-0.2, -0.15) is 0 Å². The molecular weight excluding hydrogens is 420 g/mol. The van der Waals surface area contributed by atoms with Gasteiger partial charge >= 0.3 is 0 Å². The average molecular weight is 440 g/mol. The van der Waals surface area contributed by atoms with Gasteiger partial charge in [0, 0.05) is 0 Å². The van der Waals surface area contributed by atoms with Crippen molar-refractivity contribution in [3.8, 4) is 11.5 Å². The first-order valence-electron chi connectivity index (χ1n) is 7.42. The second-order valence-electron chi connectivity index (χ2n) is 5.81. The van der Waals surface area contributed by atoms with Crippen molar-refractivity contribution in [2.75, 3.05) is 0 Å². The van der Waals surface area contributed by atoms with Crippen LogP contribution in [0.3, 0.4) is 0 Å². The Hall–Kier alpha value is -1.10. The molecule has 2 aromatic rings. The molecule has 2 rings (SSSR count). The van der Waals surface area contributed by atoms with Crippen molar-refractivity contribution in [2.24, 2.45) is 0 Å². The van der Waals surface area contributed by atoms with Crippen molar-refractivity contribution in [3.05, 3.63) is 69.6 Å². The lowest BCUT2D eigenvalue weighted by Crippen LogP contribution is -2.23. The Bertz CT molecular complexity index is 647. The number of hydrogen-bond donors (Lipinski definition) is 0. The van der Waals surface area contributed by atoms with E-state index in [1.54, 1.807) is 0 Å².